The number of imide groups is 1. The summed E-state index contributed by atoms with van der Waals surface area (Å²) >= 11 is 0. The van der Waals surface area contributed by atoms with Crippen LogP contribution in [0.25, 0.3) is 0 Å². The van der Waals surface area contributed by atoms with Crippen molar-refractivity contribution in [1.82, 2.24) is 9.91 Å². The third-order valence-electron chi connectivity index (χ3n) is 5.81. The molecule has 1 saturated heterocycles. The normalized spacial score (nSPS) is 25.8. The van der Waals surface area contributed by atoms with Gasteiger partial charge in [-0.05, 0) is 40.5 Å². The van der Waals surface area contributed by atoms with Crippen LogP contribution in [0.5, 0.6) is 0 Å². The van der Waals surface area contributed by atoms with Crippen LogP contribution in [0.1, 0.15) is 66.2 Å². The van der Waals surface area contributed by atoms with E-state index in [4.69, 9.17) is 4.74 Å². The lowest BCUT2D eigenvalue weighted by Gasteiger charge is -2.37. The van der Waals surface area contributed by atoms with Crippen molar-refractivity contribution < 1.29 is 23.9 Å². The quantitative estimate of drug-likeness (QED) is 0.505. The molecule has 0 N–H and O–H groups in total. The zero-order valence-electron chi connectivity index (χ0n) is 17.1. The second-order valence-electron chi connectivity index (χ2n) is 8.50. The smallest absolute Gasteiger partial charge is 0.355 e. The standard InChI is InChI=1S/C20H29N3O5/c1-5-28-19(27)15-14-16(23(21-15)20(3,4)11-12(2)24)18(26)22(17(14)25)13-9-7-6-8-10-13/h13-14,16H,5-11H2,1-4H3. The first-order valence-electron chi connectivity index (χ1n) is 10.1. The SMILES string of the molecule is CCOC(=O)C1=NN(C(C)(C)CC(C)=O)C2C(=O)N(C3CCCCC3)C(=O)C12. The van der Waals surface area contributed by atoms with E-state index in [-0.39, 0.29) is 42.4 Å². The van der Waals surface area contributed by atoms with E-state index < -0.39 is 23.5 Å². The second kappa shape index (κ2) is 7.64. The average Bonchev–Trinajstić information content (AvgIpc) is 3.13. The fourth-order valence-corrected chi connectivity index (χ4v) is 4.71. The Labute approximate surface area is 165 Å². The molecule has 2 atom stereocenters. The summed E-state index contributed by atoms with van der Waals surface area (Å²) in [5.74, 6) is -2.37. The largest absolute Gasteiger partial charge is 0.461 e. The Morgan fingerprint density at radius 2 is 1.79 bits per heavy atom. The summed E-state index contributed by atoms with van der Waals surface area (Å²) in [5.41, 5.74) is -0.832. The number of nitrogens with zero attached hydrogens (tertiary/aromatic N) is 3. The van der Waals surface area contributed by atoms with Gasteiger partial charge >= 0.3 is 5.97 Å². The number of carbonyl (C=O) groups is 4. The lowest BCUT2D eigenvalue weighted by molar-refractivity contribution is -0.145. The first-order valence-corrected chi connectivity index (χ1v) is 10.1. The number of ether oxygens (including phenoxy) is 1. The maximum Gasteiger partial charge on any atom is 0.355 e. The lowest BCUT2D eigenvalue weighted by Crippen LogP contribution is -2.51. The molecule has 2 amide bonds. The Balaban J connectivity index is 1.98. The summed E-state index contributed by atoms with van der Waals surface area (Å²) < 4.78 is 5.10. The molecule has 0 aromatic rings. The highest BCUT2D eigenvalue weighted by molar-refractivity contribution is 6.44. The van der Waals surface area contributed by atoms with Crippen molar-refractivity contribution in [2.75, 3.05) is 6.61 Å². The van der Waals surface area contributed by atoms with Crippen LogP contribution in [-0.2, 0) is 23.9 Å². The van der Waals surface area contributed by atoms with Gasteiger partial charge in [0.15, 0.2) is 5.71 Å². The number of hydrogen-bond donors (Lipinski definition) is 0. The molecule has 8 nitrogen and oxygen atoms in total. The van der Waals surface area contributed by atoms with Crippen LogP contribution in [0.4, 0.5) is 0 Å². The third-order valence-corrected chi connectivity index (χ3v) is 5.81. The van der Waals surface area contributed by atoms with Gasteiger partial charge in [-0.25, -0.2) is 4.79 Å². The number of hydrogen-bond acceptors (Lipinski definition) is 7. The number of rotatable bonds is 6. The van der Waals surface area contributed by atoms with E-state index in [9.17, 15) is 19.2 Å². The van der Waals surface area contributed by atoms with Crippen LogP contribution in [0, 0.1) is 5.92 Å². The molecule has 0 spiro atoms. The van der Waals surface area contributed by atoms with Crippen molar-refractivity contribution in [3.05, 3.63) is 0 Å². The van der Waals surface area contributed by atoms with Crippen LogP contribution in [0.3, 0.4) is 0 Å². The number of likely N-dealkylation sites (tertiary alicyclic amines) is 1. The Morgan fingerprint density at radius 1 is 1.14 bits per heavy atom. The lowest BCUT2D eigenvalue weighted by atomic mass is 9.92. The summed E-state index contributed by atoms with van der Waals surface area (Å²) in [7, 11) is 0. The number of fused-ring (bicyclic) bond motifs is 1. The molecular weight excluding hydrogens is 362 g/mol. The van der Waals surface area contributed by atoms with Gasteiger partial charge in [-0.1, -0.05) is 19.3 Å². The van der Waals surface area contributed by atoms with Crippen molar-refractivity contribution in [1.29, 1.82) is 0 Å². The predicted octanol–water partition coefficient (Wildman–Crippen LogP) is 1.67. The molecule has 2 fully saturated rings. The fraction of sp³-hybridized carbons (Fsp3) is 0.750. The van der Waals surface area contributed by atoms with Gasteiger partial charge in [0.1, 0.15) is 17.7 Å². The van der Waals surface area contributed by atoms with E-state index in [1.807, 2.05) is 0 Å². The summed E-state index contributed by atoms with van der Waals surface area (Å²) in [6, 6.07) is -1.01. The zero-order chi connectivity index (χ0) is 20.6. The maximum absolute atomic E-state index is 13.3. The van der Waals surface area contributed by atoms with Crippen molar-refractivity contribution in [3.8, 4) is 0 Å². The van der Waals surface area contributed by atoms with Crippen LogP contribution >= 0.6 is 0 Å². The highest BCUT2D eigenvalue weighted by Crippen LogP contribution is 2.40. The first-order chi connectivity index (χ1) is 13.2. The molecule has 154 valence electrons. The topological polar surface area (TPSA) is 96.3 Å². The number of Topliss-reactive ketones (excluding diaryl/α,β-unsaturated/α-hetero) is 1. The minimum Gasteiger partial charge on any atom is -0.461 e. The van der Waals surface area contributed by atoms with Gasteiger partial charge in [0, 0.05) is 12.5 Å². The number of carbonyl (C=O) groups excluding carboxylic acids is 4. The summed E-state index contributed by atoms with van der Waals surface area (Å²) in [6.45, 7) is 6.90. The number of ketones is 1. The monoisotopic (exact) mass is 391 g/mol. The Bertz CT molecular complexity index is 723. The van der Waals surface area contributed by atoms with Gasteiger partial charge < -0.3 is 4.74 Å². The van der Waals surface area contributed by atoms with Crippen molar-refractivity contribution in [2.24, 2.45) is 11.0 Å². The molecule has 2 aliphatic heterocycles. The molecular formula is C20H29N3O5. The number of hydrazone groups is 1. The van der Waals surface area contributed by atoms with Crippen LogP contribution in [0.2, 0.25) is 0 Å². The molecule has 0 radical (unpaired) electrons. The van der Waals surface area contributed by atoms with Gasteiger partial charge in [-0.15, -0.1) is 0 Å². The van der Waals surface area contributed by atoms with Crippen molar-refractivity contribution in [3.63, 3.8) is 0 Å². The second-order valence-corrected chi connectivity index (χ2v) is 8.50. The molecule has 3 rings (SSSR count). The Hall–Kier alpha value is -2.25. The summed E-state index contributed by atoms with van der Waals surface area (Å²) in [6.07, 6.45) is 4.80. The molecule has 2 heterocycles. The van der Waals surface area contributed by atoms with Crippen molar-refractivity contribution in [2.45, 2.75) is 83.8 Å². The van der Waals surface area contributed by atoms with E-state index >= 15 is 0 Å². The Kier molecular flexibility index (Phi) is 5.59. The molecule has 1 aliphatic carbocycles. The highest BCUT2D eigenvalue weighted by atomic mass is 16.5. The molecule has 2 unspecified atom stereocenters. The summed E-state index contributed by atoms with van der Waals surface area (Å²) in [5, 5.41) is 5.85. The van der Waals surface area contributed by atoms with E-state index in [1.54, 1.807) is 20.8 Å². The third kappa shape index (κ3) is 3.44. The minimum atomic E-state index is -0.959. The summed E-state index contributed by atoms with van der Waals surface area (Å²) in [4.78, 5) is 52.2. The highest BCUT2D eigenvalue weighted by Gasteiger charge is 2.61. The van der Waals surface area contributed by atoms with Crippen LogP contribution in [-0.4, -0.2) is 63.4 Å². The molecule has 3 aliphatic rings. The van der Waals surface area contributed by atoms with E-state index in [0.717, 1.165) is 32.1 Å². The molecule has 0 bridgehead atoms. The Morgan fingerprint density at radius 3 is 2.36 bits per heavy atom. The van der Waals surface area contributed by atoms with Gasteiger partial charge in [0.2, 0.25) is 5.91 Å². The van der Waals surface area contributed by atoms with E-state index in [2.05, 4.69) is 5.10 Å². The molecule has 8 heteroatoms. The van der Waals surface area contributed by atoms with Gasteiger partial charge in [-0.3, -0.25) is 24.3 Å². The fourth-order valence-electron chi connectivity index (χ4n) is 4.71. The average molecular weight is 391 g/mol. The first kappa shape index (κ1) is 20.5. The van der Waals surface area contributed by atoms with Gasteiger partial charge in [-0.2, -0.15) is 5.10 Å². The predicted molar refractivity (Wildman–Crippen MR) is 101 cm³/mol. The van der Waals surface area contributed by atoms with Gasteiger partial charge in [0.05, 0.1) is 12.1 Å². The molecule has 1 saturated carbocycles. The van der Waals surface area contributed by atoms with Crippen LogP contribution < -0.4 is 0 Å². The van der Waals surface area contributed by atoms with Crippen molar-refractivity contribution >= 4 is 29.3 Å². The van der Waals surface area contributed by atoms with Gasteiger partial charge in [0.25, 0.3) is 5.91 Å². The van der Waals surface area contributed by atoms with E-state index in [1.165, 1.54) is 16.8 Å². The molecule has 0 aromatic carbocycles. The number of amides is 2. The van der Waals surface area contributed by atoms with Crippen LogP contribution in [0.15, 0.2) is 5.10 Å². The van der Waals surface area contributed by atoms with E-state index in [0.29, 0.717) is 0 Å². The zero-order valence-corrected chi connectivity index (χ0v) is 17.1. The molecule has 0 aromatic heterocycles. The number of esters is 1. The maximum atomic E-state index is 13.3. The minimum absolute atomic E-state index is 0.0277. The molecule has 28 heavy (non-hydrogen) atoms.